The fourth-order valence-electron chi connectivity index (χ4n) is 4.96. The highest BCUT2D eigenvalue weighted by Gasteiger charge is 2.26. The molecule has 1 amide bonds. The number of aromatic nitrogens is 3. The second-order valence-corrected chi connectivity index (χ2v) is 9.52. The number of rotatable bonds is 6. The maximum Gasteiger partial charge on any atom is 0.254 e. The highest BCUT2D eigenvalue weighted by atomic mass is 16.2. The summed E-state index contributed by atoms with van der Waals surface area (Å²) in [6, 6.07) is 12.2. The normalized spacial score (nSPS) is 18.0. The van der Waals surface area contributed by atoms with E-state index in [1.807, 2.05) is 46.0 Å². The molecule has 0 saturated carbocycles. The minimum atomic E-state index is 0.0853. The topological polar surface area (TPSA) is 57.5 Å². The Labute approximate surface area is 196 Å². The third-order valence-electron chi connectivity index (χ3n) is 6.95. The highest BCUT2D eigenvalue weighted by molar-refractivity contribution is 6.06. The molecule has 2 fully saturated rings. The Morgan fingerprint density at radius 3 is 2.27 bits per heavy atom. The van der Waals surface area contributed by atoms with Crippen LogP contribution in [0.25, 0.3) is 22.3 Å². The first-order chi connectivity index (χ1) is 16.1. The first-order valence-corrected chi connectivity index (χ1v) is 12.3. The van der Waals surface area contributed by atoms with E-state index < -0.39 is 0 Å². The maximum absolute atomic E-state index is 13.7. The number of benzene rings is 1. The lowest BCUT2D eigenvalue weighted by Crippen LogP contribution is -2.50. The lowest BCUT2D eigenvalue weighted by molar-refractivity contribution is 0.0628. The molecule has 5 rings (SSSR count). The quantitative estimate of drug-likeness (QED) is 0.580. The van der Waals surface area contributed by atoms with Gasteiger partial charge in [-0.2, -0.15) is 5.10 Å². The standard InChI is InChI=1S/C26H34N6O/c1-20(2)32-25-23(19-27-32)22(18-24(28-25)21-8-4-3-5-9-21)26(33)31-16-14-30(15-17-31)13-12-29-10-6-7-11-29/h3-5,8-9,18-20H,6-7,10-17H2,1-2H3. The molecule has 0 bridgehead atoms. The van der Waals surface area contributed by atoms with Crippen LogP contribution in [0.15, 0.2) is 42.6 Å². The monoisotopic (exact) mass is 446 g/mol. The fraction of sp³-hybridized carbons (Fsp3) is 0.500. The van der Waals surface area contributed by atoms with Crippen molar-refractivity contribution < 1.29 is 4.79 Å². The third kappa shape index (κ3) is 4.66. The Morgan fingerprint density at radius 1 is 0.939 bits per heavy atom. The largest absolute Gasteiger partial charge is 0.336 e. The molecule has 0 spiro atoms. The number of carbonyl (C=O) groups is 1. The second kappa shape index (κ2) is 9.61. The van der Waals surface area contributed by atoms with Gasteiger partial charge in [0.2, 0.25) is 0 Å². The van der Waals surface area contributed by atoms with Crippen LogP contribution in [-0.4, -0.2) is 87.7 Å². The number of amides is 1. The van der Waals surface area contributed by atoms with Crippen molar-refractivity contribution >= 4 is 16.9 Å². The zero-order chi connectivity index (χ0) is 22.8. The SMILES string of the molecule is CC(C)n1ncc2c(C(=O)N3CCN(CCN4CCCC4)CC3)cc(-c3ccccc3)nc21. The van der Waals surface area contributed by atoms with Gasteiger partial charge in [0.1, 0.15) is 0 Å². The zero-order valence-corrected chi connectivity index (χ0v) is 19.8. The van der Waals surface area contributed by atoms with Gasteiger partial charge in [0, 0.05) is 50.9 Å². The molecular formula is C26H34N6O. The molecule has 2 aromatic heterocycles. The fourth-order valence-corrected chi connectivity index (χ4v) is 4.96. The predicted octanol–water partition coefficient (Wildman–Crippen LogP) is 3.53. The Hall–Kier alpha value is -2.77. The van der Waals surface area contributed by atoms with E-state index in [0.717, 1.165) is 61.6 Å². The first kappa shape index (κ1) is 22.0. The molecule has 33 heavy (non-hydrogen) atoms. The Morgan fingerprint density at radius 2 is 1.61 bits per heavy atom. The molecule has 1 aromatic carbocycles. The van der Waals surface area contributed by atoms with Gasteiger partial charge in [0.25, 0.3) is 5.91 Å². The number of fused-ring (bicyclic) bond motifs is 1. The summed E-state index contributed by atoms with van der Waals surface area (Å²) in [6.45, 7) is 12.3. The van der Waals surface area contributed by atoms with E-state index >= 15 is 0 Å². The van der Waals surface area contributed by atoms with Gasteiger partial charge in [-0.3, -0.25) is 9.69 Å². The van der Waals surface area contributed by atoms with E-state index in [-0.39, 0.29) is 11.9 Å². The zero-order valence-electron chi connectivity index (χ0n) is 19.8. The molecule has 0 aliphatic carbocycles. The average molecular weight is 447 g/mol. The van der Waals surface area contributed by atoms with Gasteiger partial charge in [-0.05, 0) is 45.8 Å². The summed E-state index contributed by atoms with van der Waals surface area (Å²) in [6.07, 6.45) is 4.47. The number of pyridine rings is 1. The van der Waals surface area contributed by atoms with Gasteiger partial charge in [-0.15, -0.1) is 0 Å². The van der Waals surface area contributed by atoms with Crippen molar-refractivity contribution in [2.24, 2.45) is 0 Å². The lowest BCUT2D eigenvalue weighted by Gasteiger charge is -2.35. The molecule has 174 valence electrons. The summed E-state index contributed by atoms with van der Waals surface area (Å²) >= 11 is 0. The molecule has 7 heteroatoms. The first-order valence-electron chi connectivity index (χ1n) is 12.3. The van der Waals surface area contributed by atoms with Gasteiger partial charge in [-0.25, -0.2) is 9.67 Å². The van der Waals surface area contributed by atoms with Crippen LogP contribution in [0.5, 0.6) is 0 Å². The molecule has 7 nitrogen and oxygen atoms in total. The van der Waals surface area contributed by atoms with Crippen LogP contribution in [0.4, 0.5) is 0 Å². The van der Waals surface area contributed by atoms with E-state index in [1.54, 1.807) is 6.20 Å². The molecule has 3 aromatic rings. The number of likely N-dealkylation sites (tertiary alicyclic amines) is 1. The molecule has 0 N–H and O–H groups in total. The summed E-state index contributed by atoms with van der Waals surface area (Å²) in [7, 11) is 0. The van der Waals surface area contributed by atoms with Crippen LogP contribution < -0.4 is 0 Å². The van der Waals surface area contributed by atoms with Crippen LogP contribution in [0.1, 0.15) is 43.1 Å². The minimum absolute atomic E-state index is 0.0853. The van der Waals surface area contributed by atoms with Gasteiger partial charge >= 0.3 is 0 Å². The van der Waals surface area contributed by atoms with Gasteiger partial charge < -0.3 is 9.80 Å². The second-order valence-electron chi connectivity index (χ2n) is 9.52. The molecular weight excluding hydrogens is 412 g/mol. The number of nitrogens with zero attached hydrogens (tertiary/aromatic N) is 6. The maximum atomic E-state index is 13.7. The smallest absolute Gasteiger partial charge is 0.254 e. The van der Waals surface area contributed by atoms with Crippen molar-refractivity contribution in [3.63, 3.8) is 0 Å². The Kier molecular flexibility index (Phi) is 6.42. The average Bonchev–Trinajstić information content (AvgIpc) is 3.52. The van der Waals surface area contributed by atoms with Crippen molar-refractivity contribution in [2.75, 3.05) is 52.4 Å². The van der Waals surface area contributed by atoms with Crippen molar-refractivity contribution in [3.05, 3.63) is 48.2 Å². The van der Waals surface area contributed by atoms with Crippen molar-refractivity contribution in [1.82, 2.24) is 29.5 Å². The minimum Gasteiger partial charge on any atom is -0.336 e. The molecule has 4 heterocycles. The summed E-state index contributed by atoms with van der Waals surface area (Å²) < 4.78 is 1.91. The summed E-state index contributed by atoms with van der Waals surface area (Å²) in [5.41, 5.74) is 3.31. The van der Waals surface area contributed by atoms with Crippen LogP contribution in [0.2, 0.25) is 0 Å². The lowest BCUT2D eigenvalue weighted by atomic mass is 10.1. The summed E-state index contributed by atoms with van der Waals surface area (Å²) in [4.78, 5) is 25.6. The van der Waals surface area contributed by atoms with Crippen molar-refractivity contribution in [3.8, 4) is 11.3 Å². The van der Waals surface area contributed by atoms with E-state index in [0.29, 0.717) is 5.56 Å². The Bertz CT molecular complexity index is 1090. The van der Waals surface area contributed by atoms with Crippen LogP contribution in [-0.2, 0) is 0 Å². The third-order valence-corrected chi connectivity index (χ3v) is 6.95. The van der Waals surface area contributed by atoms with E-state index in [4.69, 9.17) is 4.98 Å². The molecule has 0 radical (unpaired) electrons. The van der Waals surface area contributed by atoms with Crippen LogP contribution in [0.3, 0.4) is 0 Å². The summed E-state index contributed by atoms with van der Waals surface area (Å²) in [5, 5.41) is 5.40. The number of hydrogen-bond donors (Lipinski definition) is 0. The Balaban J connectivity index is 1.36. The van der Waals surface area contributed by atoms with E-state index in [1.165, 1.54) is 25.9 Å². The highest BCUT2D eigenvalue weighted by Crippen LogP contribution is 2.27. The van der Waals surface area contributed by atoms with Gasteiger partial charge in [0.05, 0.1) is 22.8 Å². The number of piperazine rings is 1. The molecule has 0 unspecified atom stereocenters. The van der Waals surface area contributed by atoms with E-state index in [2.05, 4.69) is 28.7 Å². The van der Waals surface area contributed by atoms with Gasteiger partial charge in [0.15, 0.2) is 5.65 Å². The molecule has 2 aliphatic heterocycles. The molecule has 2 aliphatic rings. The van der Waals surface area contributed by atoms with Crippen LogP contribution >= 0.6 is 0 Å². The molecule has 0 atom stereocenters. The van der Waals surface area contributed by atoms with Crippen molar-refractivity contribution in [2.45, 2.75) is 32.7 Å². The predicted molar refractivity (Wildman–Crippen MR) is 131 cm³/mol. The summed E-state index contributed by atoms with van der Waals surface area (Å²) in [5.74, 6) is 0.0853. The van der Waals surface area contributed by atoms with Crippen LogP contribution in [0, 0.1) is 0 Å². The van der Waals surface area contributed by atoms with Crippen molar-refractivity contribution in [1.29, 1.82) is 0 Å². The molecule has 2 saturated heterocycles. The van der Waals surface area contributed by atoms with E-state index in [9.17, 15) is 4.79 Å². The number of hydrogen-bond acceptors (Lipinski definition) is 5. The van der Waals surface area contributed by atoms with Gasteiger partial charge in [-0.1, -0.05) is 30.3 Å². The number of carbonyl (C=O) groups excluding carboxylic acids is 1.